The number of aromatic nitrogens is 1. The van der Waals surface area contributed by atoms with Crippen LogP contribution in [0.1, 0.15) is 58.1 Å². The van der Waals surface area contributed by atoms with Crippen molar-refractivity contribution in [2.24, 2.45) is 5.92 Å². The molecule has 11 heteroatoms. The van der Waals surface area contributed by atoms with Crippen molar-refractivity contribution in [3.63, 3.8) is 0 Å². The zero-order valence-corrected chi connectivity index (χ0v) is 31.1. The van der Waals surface area contributed by atoms with Crippen molar-refractivity contribution in [1.82, 2.24) is 15.2 Å². The second-order valence-corrected chi connectivity index (χ2v) is 14.3. The molecule has 0 radical (unpaired) electrons. The first-order valence-corrected chi connectivity index (χ1v) is 19.1. The molecule has 2 fully saturated rings. The Morgan fingerprint density at radius 1 is 0.860 bits per heavy atom. The van der Waals surface area contributed by atoms with E-state index >= 15 is 9.59 Å². The Bertz CT molecular complexity index is 2310. The van der Waals surface area contributed by atoms with E-state index in [1.54, 1.807) is 24.4 Å². The summed E-state index contributed by atoms with van der Waals surface area (Å²) in [7, 11) is 0. The number of rotatable bonds is 11. The second-order valence-electron chi connectivity index (χ2n) is 14.3. The second kappa shape index (κ2) is 16.4. The number of amides is 2. The SMILES string of the molecule is O=C1O[C@H](c2ccccc2)[C@H](c2ccccc2)N2[C@H]1[C@@H](C(=O)NCCc1ccccn1)[C@]1(C(=O)Nc3ccc(C#CCCO)cc31)[C@H]2c1cccc(OCCO)c1. The number of nitrogens with zero attached hydrogens (tertiary/aromatic N) is 2. The molecule has 2 amide bonds. The van der Waals surface area contributed by atoms with Crippen LogP contribution in [0.25, 0.3) is 0 Å². The lowest BCUT2D eigenvalue weighted by molar-refractivity contribution is -0.178. The summed E-state index contributed by atoms with van der Waals surface area (Å²) in [6.45, 7) is -0.0683. The number of anilines is 1. The van der Waals surface area contributed by atoms with Gasteiger partial charge in [-0.25, -0.2) is 0 Å². The molecule has 3 aliphatic heterocycles. The summed E-state index contributed by atoms with van der Waals surface area (Å²) in [6, 6.07) is 34.6. The van der Waals surface area contributed by atoms with Crippen molar-refractivity contribution in [3.05, 3.63) is 161 Å². The lowest BCUT2D eigenvalue weighted by Gasteiger charge is -2.46. The normalized spacial score (nSPS) is 23.4. The molecule has 0 unspecified atom stereocenters. The van der Waals surface area contributed by atoms with Crippen molar-refractivity contribution in [3.8, 4) is 17.6 Å². The molecular weight excluding hydrogens is 721 g/mol. The summed E-state index contributed by atoms with van der Waals surface area (Å²) in [6.07, 6.45) is 1.56. The summed E-state index contributed by atoms with van der Waals surface area (Å²) < 4.78 is 12.4. The highest BCUT2D eigenvalue weighted by Crippen LogP contribution is 2.65. The minimum absolute atomic E-state index is 0.0428. The van der Waals surface area contributed by atoms with Crippen LogP contribution in [0.15, 0.2) is 128 Å². The van der Waals surface area contributed by atoms with E-state index in [9.17, 15) is 15.0 Å². The van der Waals surface area contributed by atoms with Crippen LogP contribution < -0.4 is 15.4 Å². The van der Waals surface area contributed by atoms with Crippen molar-refractivity contribution in [1.29, 1.82) is 0 Å². The molecule has 8 rings (SSSR count). The molecule has 1 spiro atoms. The number of hydrogen-bond acceptors (Lipinski definition) is 9. The molecule has 4 aromatic carbocycles. The fourth-order valence-electron chi connectivity index (χ4n) is 8.80. The van der Waals surface area contributed by atoms with Gasteiger partial charge in [-0.05, 0) is 64.7 Å². The number of ether oxygens (including phenoxy) is 2. The molecule has 1 aromatic heterocycles. The van der Waals surface area contributed by atoms with Gasteiger partial charge in [0.25, 0.3) is 0 Å². The van der Waals surface area contributed by atoms with Gasteiger partial charge in [0, 0.05) is 42.5 Å². The quantitative estimate of drug-likeness (QED) is 0.110. The Balaban J connectivity index is 1.38. The Hall–Kier alpha value is -6.32. The predicted octanol–water partition coefficient (Wildman–Crippen LogP) is 4.82. The van der Waals surface area contributed by atoms with Gasteiger partial charge in [0.2, 0.25) is 11.8 Å². The number of pyridine rings is 1. The molecule has 6 atom stereocenters. The van der Waals surface area contributed by atoms with Crippen LogP contribution in [-0.2, 0) is 31.0 Å². The minimum Gasteiger partial charge on any atom is -0.491 e. The van der Waals surface area contributed by atoms with Crippen LogP contribution >= 0.6 is 0 Å². The van der Waals surface area contributed by atoms with Crippen molar-refractivity contribution in [2.45, 2.75) is 42.5 Å². The number of esters is 1. The molecule has 57 heavy (non-hydrogen) atoms. The lowest BCUT2D eigenvalue weighted by atomic mass is 9.65. The first-order valence-electron chi connectivity index (χ1n) is 19.1. The van der Waals surface area contributed by atoms with Crippen LogP contribution in [-0.4, -0.2) is 70.3 Å². The highest BCUT2D eigenvalue weighted by Gasteiger charge is 2.74. The molecule has 3 aliphatic rings. The highest BCUT2D eigenvalue weighted by atomic mass is 16.6. The van der Waals surface area contributed by atoms with Gasteiger partial charge in [-0.3, -0.25) is 24.3 Å². The zero-order valence-electron chi connectivity index (χ0n) is 31.1. The highest BCUT2D eigenvalue weighted by molar-refractivity contribution is 6.12. The summed E-state index contributed by atoms with van der Waals surface area (Å²) in [5, 5.41) is 25.3. The summed E-state index contributed by atoms with van der Waals surface area (Å²) in [5.74, 6) is 3.69. The van der Waals surface area contributed by atoms with E-state index in [-0.39, 0.29) is 32.8 Å². The van der Waals surface area contributed by atoms with E-state index in [1.807, 2.05) is 108 Å². The molecule has 0 aliphatic carbocycles. The number of morpholine rings is 1. The smallest absolute Gasteiger partial charge is 0.324 e. The monoisotopic (exact) mass is 762 g/mol. The molecule has 11 nitrogen and oxygen atoms in total. The largest absolute Gasteiger partial charge is 0.491 e. The Kier molecular flexibility index (Phi) is 10.8. The molecule has 4 heterocycles. The summed E-state index contributed by atoms with van der Waals surface area (Å²) >= 11 is 0. The zero-order chi connectivity index (χ0) is 39.4. The summed E-state index contributed by atoms with van der Waals surface area (Å²) in [5.41, 5.74) is 2.90. The molecule has 2 saturated heterocycles. The number of cyclic esters (lactones) is 1. The Morgan fingerprint density at radius 3 is 2.35 bits per heavy atom. The third kappa shape index (κ3) is 6.93. The van der Waals surface area contributed by atoms with Crippen LogP contribution in [0, 0.1) is 17.8 Å². The maximum Gasteiger partial charge on any atom is 0.324 e. The van der Waals surface area contributed by atoms with E-state index < -0.39 is 53.3 Å². The number of hydrogen-bond donors (Lipinski definition) is 4. The van der Waals surface area contributed by atoms with Gasteiger partial charge in [-0.1, -0.05) is 90.7 Å². The number of carbonyl (C=O) groups is 3. The number of aliphatic hydroxyl groups excluding tert-OH is 2. The van der Waals surface area contributed by atoms with Gasteiger partial charge in [0.05, 0.1) is 31.2 Å². The number of aliphatic hydroxyl groups is 2. The Labute approximate surface area is 330 Å². The third-order valence-corrected chi connectivity index (χ3v) is 11.0. The summed E-state index contributed by atoms with van der Waals surface area (Å²) in [4.78, 5) is 51.9. The van der Waals surface area contributed by atoms with Crippen molar-refractivity contribution in [2.75, 3.05) is 31.7 Å². The fraction of sp³-hybridized carbons (Fsp3) is 0.261. The third-order valence-electron chi connectivity index (χ3n) is 11.0. The minimum atomic E-state index is -1.70. The van der Waals surface area contributed by atoms with Gasteiger partial charge in [-0.2, -0.15) is 0 Å². The van der Waals surface area contributed by atoms with Gasteiger partial charge in [-0.15, -0.1) is 0 Å². The average Bonchev–Trinajstić information content (AvgIpc) is 3.72. The maximum atomic E-state index is 15.3. The molecule has 4 N–H and O–H groups in total. The predicted molar refractivity (Wildman–Crippen MR) is 212 cm³/mol. The molecular formula is C46H42N4O7. The Morgan fingerprint density at radius 2 is 1.61 bits per heavy atom. The van der Waals surface area contributed by atoms with Crippen LogP contribution in [0.5, 0.6) is 5.75 Å². The van der Waals surface area contributed by atoms with Crippen molar-refractivity contribution >= 4 is 23.5 Å². The topological polar surface area (TPSA) is 150 Å². The average molecular weight is 763 g/mol. The standard InChI is InChI=1S/C46H42N4O7/c51-25-10-8-12-30-20-21-37-36(28-30)46(45(55)49-37)38(43(53)48-24-22-34-18-7-9-23-47-34)40-44(54)57-41(32-15-5-2-6-16-32)39(31-13-3-1-4-14-31)50(40)42(46)33-17-11-19-35(29-33)56-27-26-52/h1-7,9,11,13-21,23,28-29,38-42,51-52H,10,22,24-27H2,(H,48,53)(H,49,55)/t38-,39-,40-,41+,42+,46-/m0/s1. The van der Waals surface area contributed by atoms with Gasteiger partial charge < -0.3 is 30.3 Å². The van der Waals surface area contributed by atoms with Crippen LogP contribution in [0.4, 0.5) is 5.69 Å². The number of carbonyl (C=O) groups excluding carboxylic acids is 3. The number of benzene rings is 4. The van der Waals surface area contributed by atoms with Crippen LogP contribution in [0.3, 0.4) is 0 Å². The van der Waals surface area contributed by atoms with Crippen LogP contribution in [0.2, 0.25) is 0 Å². The van der Waals surface area contributed by atoms with Gasteiger partial charge in [0.1, 0.15) is 29.9 Å². The molecule has 0 bridgehead atoms. The molecule has 288 valence electrons. The first-order chi connectivity index (χ1) is 27.9. The van der Waals surface area contributed by atoms with Gasteiger partial charge in [0.15, 0.2) is 0 Å². The maximum absolute atomic E-state index is 15.3. The first kappa shape index (κ1) is 37.6. The number of fused-ring (bicyclic) bond motifs is 3. The fourth-order valence-corrected chi connectivity index (χ4v) is 8.80. The molecule has 0 saturated carbocycles. The van der Waals surface area contributed by atoms with E-state index in [0.717, 1.165) is 16.8 Å². The van der Waals surface area contributed by atoms with E-state index in [1.165, 1.54) is 0 Å². The van der Waals surface area contributed by atoms with E-state index in [2.05, 4.69) is 27.5 Å². The molecule has 5 aromatic rings. The number of nitrogens with one attached hydrogen (secondary N) is 2. The van der Waals surface area contributed by atoms with Gasteiger partial charge >= 0.3 is 5.97 Å². The lowest BCUT2D eigenvalue weighted by Crippen LogP contribution is -2.55. The van der Waals surface area contributed by atoms with E-state index in [4.69, 9.17) is 9.47 Å². The van der Waals surface area contributed by atoms with E-state index in [0.29, 0.717) is 34.5 Å². The van der Waals surface area contributed by atoms with Crippen molar-refractivity contribution < 1.29 is 34.1 Å².